The third-order valence-corrected chi connectivity index (χ3v) is 3.58. The molecule has 0 aromatic carbocycles. The van der Waals surface area contributed by atoms with E-state index in [0.29, 0.717) is 0 Å². The fraction of sp³-hybridized carbons (Fsp3) is 0.846. The first-order valence-corrected chi connectivity index (χ1v) is 5.89. The van der Waals surface area contributed by atoms with Gasteiger partial charge in [0.05, 0.1) is 5.54 Å². The first-order chi connectivity index (χ1) is 6.98. The van der Waals surface area contributed by atoms with E-state index in [1.165, 1.54) is 0 Å². The molecule has 0 aliphatic rings. The Morgan fingerprint density at radius 2 is 1.44 bits per heavy atom. The second-order valence-corrected chi connectivity index (χ2v) is 7.05. The molecule has 0 bridgehead atoms. The number of aromatic nitrogens is 3. The molecular formula is C13H25N3. The van der Waals surface area contributed by atoms with Crippen LogP contribution in [-0.2, 0) is 11.0 Å². The van der Waals surface area contributed by atoms with Crippen LogP contribution in [0, 0.1) is 5.41 Å². The number of hydrogen-bond donors (Lipinski definition) is 0. The molecule has 0 atom stereocenters. The van der Waals surface area contributed by atoms with E-state index in [4.69, 9.17) is 0 Å². The maximum Gasteiger partial charge on any atom is 0.138 e. The molecule has 0 N–H and O–H groups in total. The molecule has 3 heteroatoms. The van der Waals surface area contributed by atoms with Gasteiger partial charge in [0.2, 0.25) is 0 Å². The van der Waals surface area contributed by atoms with Crippen LogP contribution in [0.1, 0.15) is 61.2 Å². The molecule has 1 heterocycles. The average molecular weight is 223 g/mol. The summed E-state index contributed by atoms with van der Waals surface area (Å²) in [5.41, 5.74) is 0.117. The van der Waals surface area contributed by atoms with Gasteiger partial charge >= 0.3 is 0 Å². The number of hydrogen-bond acceptors (Lipinski definition) is 2. The normalized spacial score (nSPS) is 14.2. The van der Waals surface area contributed by atoms with Crippen LogP contribution in [0.25, 0.3) is 0 Å². The van der Waals surface area contributed by atoms with E-state index in [-0.39, 0.29) is 16.4 Å². The summed E-state index contributed by atoms with van der Waals surface area (Å²) >= 11 is 0. The van der Waals surface area contributed by atoms with E-state index in [2.05, 4.69) is 70.2 Å². The van der Waals surface area contributed by atoms with Gasteiger partial charge in [-0.1, -0.05) is 41.5 Å². The average Bonchev–Trinajstić information content (AvgIpc) is 2.47. The summed E-state index contributed by atoms with van der Waals surface area (Å²) in [4.78, 5) is 4.42. The fourth-order valence-corrected chi connectivity index (χ4v) is 1.48. The summed E-state index contributed by atoms with van der Waals surface area (Å²) in [7, 11) is 0. The van der Waals surface area contributed by atoms with E-state index >= 15 is 0 Å². The molecule has 1 aromatic heterocycles. The zero-order valence-corrected chi connectivity index (χ0v) is 11.9. The lowest BCUT2D eigenvalue weighted by atomic mass is 9.76. The first kappa shape index (κ1) is 13.2. The molecule has 0 radical (unpaired) electrons. The van der Waals surface area contributed by atoms with Gasteiger partial charge in [-0.2, -0.15) is 5.10 Å². The molecule has 0 fully saturated rings. The van der Waals surface area contributed by atoms with Crippen LogP contribution in [0.5, 0.6) is 0 Å². The minimum absolute atomic E-state index is 0.0268. The van der Waals surface area contributed by atoms with Gasteiger partial charge in [-0.3, -0.25) is 0 Å². The lowest BCUT2D eigenvalue weighted by Gasteiger charge is -2.40. The number of nitrogens with zero attached hydrogens (tertiary/aromatic N) is 3. The van der Waals surface area contributed by atoms with Gasteiger partial charge in [0.15, 0.2) is 0 Å². The van der Waals surface area contributed by atoms with Crippen molar-refractivity contribution in [2.24, 2.45) is 5.41 Å². The fourth-order valence-electron chi connectivity index (χ4n) is 1.48. The monoisotopic (exact) mass is 223 g/mol. The Labute approximate surface area is 99.3 Å². The summed E-state index contributed by atoms with van der Waals surface area (Å²) in [6, 6.07) is 0. The maximum absolute atomic E-state index is 4.43. The second-order valence-electron chi connectivity index (χ2n) is 7.05. The lowest BCUT2D eigenvalue weighted by molar-refractivity contribution is 0.115. The van der Waals surface area contributed by atoms with Crippen LogP contribution < -0.4 is 0 Å². The van der Waals surface area contributed by atoms with E-state index < -0.39 is 0 Å². The predicted molar refractivity (Wildman–Crippen MR) is 67.5 cm³/mol. The Hall–Kier alpha value is -0.860. The Morgan fingerprint density at radius 1 is 0.938 bits per heavy atom. The lowest BCUT2D eigenvalue weighted by Crippen LogP contribution is -2.43. The number of rotatable bonds is 1. The molecule has 0 unspecified atom stereocenters. The van der Waals surface area contributed by atoms with Crippen LogP contribution in [-0.4, -0.2) is 14.8 Å². The molecule has 1 aromatic rings. The highest BCUT2D eigenvalue weighted by Crippen LogP contribution is 2.38. The second kappa shape index (κ2) is 3.57. The summed E-state index contributed by atoms with van der Waals surface area (Å²) in [5.74, 6) is 1.05. The van der Waals surface area contributed by atoms with Crippen molar-refractivity contribution in [1.29, 1.82) is 0 Å². The smallest absolute Gasteiger partial charge is 0.138 e. The van der Waals surface area contributed by atoms with Crippen LogP contribution in [0.4, 0.5) is 0 Å². The van der Waals surface area contributed by atoms with Crippen LogP contribution >= 0.6 is 0 Å². The summed E-state index contributed by atoms with van der Waals surface area (Å²) < 4.78 is 2.08. The SMILES string of the molecule is CC(C)(C)c1ncnn1C(C)(C)C(C)(C)C. The molecular weight excluding hydrogens is 198 g/mol. The van der Waals surface area contributed by atoms with Crippen LogP contribution in [0.15, 0.2) is 6.33 Å². The third-order valence-electron chi connectivity index (χ3n) is 3.58. The minimum Gasteiger partial charge on any atom is -0.243 e. The zero-order valence-electron chi connectivity index (χ0n) is 11.9. The van der Waals surface area contributed by atoms with Gasteiger partial charge in [0.1, 0.15) is 12.2 Å². The summed E-state index contributed by atoms with van der Waals surface area (Å²) in [5, 5.41) is 4.43. The van der Waals surface area contributed by atoms with Gasteiger partial charge in [-0.25, -0.2) is 9.67 Å². The van der Waals surface area contributed by atoms with Crippen LogP contribution in [0.3, 0.4) is 0 Å². The molecule has 3 nitrogen and oxygen atoms in total. The quantitative estimate of drug-likeness (QED) is 0.731. The maximum atomic E-state index is 4.43. The van der Waals surface area contributed by atoms with Gasteiger partial charge in [-0.05, 0) is 19.3 Å². The van der Waals surface area contributed by atoms with E-state index in [9.17, 15) is 0 Å². The Balaban J connectivity index is 3.31. The van der Waals surface area contributed by atoms with Crippen molar-refractivity contribution in [2.45, 2.75) is 66.3 Å². The van der Waals surface area contributed by atoms with Gasteiger partial charge in [0, 0.05) is 5.41 Å². The largest absolute Gasteiger partial charge is 0.243 e. The molecule has 92 valence electrons. The topological polar surface area (TPSA) is 30.7 Å². The Bertz CT molecular complexity index is 361. The molecule has 0 saturated carbocycles. The van der Waals surface area contributed by atoms with Gasteiger partial charge in [-0.15, -0.1) is 0 Å². The molecule has 0 spiro atoms. The molecule has 1 rings (SSSR count). The van der Waals surface area contributed by atoms with Crippen molar-refractivity contribution >= 4 is 0 Å². The highest BCUT2D eigenvalue weighted by atomic mass is 15.4. The highest BCUT2D eigenvalue weighted by Gasteiger charge is 2.38. The van der Waals surface area contributed by atoms with Crippen molar-refractivity contribution < 1.29 is 0 Å². The van der Waals surface area contributed by atoms with Crippen LogP contribution in [0.2, 0.25) is 0 Å². The minimum atomic E-state index is -0.0495. The first-order valence-electron chi connectivity index (χ1n) is 5.89. The van der Waals surface area contributed by atoms with Crippen molar-refractivity contribution in [1.82, 2.24) is 14.8 Å². The Morgan fingerprint density at radius 3 is 1.81 bits per heavy atom. The van der Waals surface area contributed by atoms with Crippen molar-refractivity contribution in [3.8, 4) is 0 Å². The van der Waals surface area contributed by atoms with Crippen molar-refractivity contribution in [3.63, 3.8) is 0 Å². The molecule has 0 aliphatic heterocycles. The summed E-state index contributed by atoms with van der Waals surface area (Å²) in [6.45, 7) is 17.7. The molecule has 0 saturated heterocycles. The third kappa shape index (κ3) is 2.13. The molecule has 0 amide bonds. The summed E-state index contributed by atoms with van der Waals surface area (Å²) in [6.07, 6.45) is 1.66. The zero-order chi connectivity index (χ0) is 12.8. The van der Waals surface area contributed by atoms with Gasteiger partial charge in [0.25, 0.3) is 0 Å². The van der Waals surface area contributed by atoms with Crippen molar-refractivity contribution in [2.75, 3.05) is 0 Å². The van der Waals surface area contributed by atoms with E-state index in [0.717, 1.165) is 5.82 Å². The molecule has 0 aliphatic carbocycles. The van der Waals surface area contributed by atoms with Crippen molar-refractivity contribution in [3.05, 3.63) is 12.2 Å². The van der Waals surface area contributed by atoms with E-state index in [1.54, 1.807) is 6.33 Å². The van der Waals surface area contributed by atoms with Gasteiger partial charge < -0.3 is 0 Å². The predicted octanol–water partition coefficient (Wildman–Crippen LogP) is 3.36. The molecule has 16 heavy (non-hydrogen) atoms. The standard InChI is InChI=1S/C13H25N3/c1-11(2,3)10-14-9-15-16(10)13(7,8)12(4,5)6/h9H,1-8H3. The van der Waals surface area contributed by atoms with E-state index in [1.807, 2.05) is 0 Å². The Kier molecular flexibility index (Phi) is 2.95. The highest BCUT2D eigenvalue weighted by molar-refractivity contribution is 5.05.